The summed E-state index contributed by atoms with van der Waals surface area (Å²) in [5.74, 6) is 2.17. The molecule has 3 saturated heterocycles. The molecule has 5 heterocycles. The summed E-state index contributed by atoms with van der Waals surface area (Å²) in [6.07, 6.45) is 4.79. The third-order valence-electron chi connectivity index (χ3n) is 4.78. The van der Waals surface area contributed by atoms with E-state index in [1.807, 2.05) is 13.1 Å². The highest BCUT2D eigenvalue weighted by atomic mass is 79.9. The van der Waals surface area contributed by atoms with Gasteiger partial charge in [-0.1, -0.05) is 0 Å². The zero-order chi connectivity index (χ0) is 15.3. The SMILES string of the molecule is Cc1ncnc(N2CC3CC(C2)N3c2ccc(Br)cn2)c1C. The van der Waals surface area contributed by atoms with Crippen molar-refractivity contribution in [3.63, 3.8) is 0 Å². The molecule has 5 rings (SSSR count). The quantitative estimate of drug-likeness (QED) is 0.824. The van der Waals surface area contributed by atoms with Gasteiger partial charge in [0.25, 0.3) is 0 Å². The Kier molecular flexibility index (Phi) is 3.29. The minimum absolute atomic E-state index is 0.530. The highest BCUT2D eigenvalue weighted by Crippen LogP contribution is 2.38. The zero-order valence-corrected chi connectivity index (χ0v) is 14.3. The first-order valence-corrected chi connectivity index (χ1v) is 8.36. The minimum atomic E-state index is 0.530. The molecule has 2 bridgehead atoms. The van der Waals surface area contributed by atoms with Crippen molar-refractivity contribution in [2.24, 2.45) is 0 Å². The van der Waals surface area contributed by atoms with E-state index < -0.39 is 0 Å². The van der Waals surface area contributed by atoms with Crippen LogP contribution < -0.4 is 9.80 Å². The number of fused-ring (bicyclic) bond motifs is 2. The smallest absolute Gasteiger partial charge is 0.135 e. The zero-order valence-electron chi connectivity index (χ0n) is 12.7. The van der Waals surface area contributed by atoms with Gasteiger partial charge < -0.3 is 9.80 Å². The molecule has 22 heavy (non-hydrogen) atoms. The molecule has 3 aliphatic rings. The van der Waals surface area contributed by atoms with Crippen LogP contribution in [-0.2, 0) is 0 Å². The van der Waals surface area contributed by atoms with Crippen molar-refractivity contribution < 1.29 is 0 Å². The summed E-state index contributed by atoms with van der Waals surface area (Å²) in [6.45, 7) is 6.17. The van der Waals surface area contributed by atoms with Gasteiger partial charge in [-0.25, -0.2) is 15.0 Å². The van der Waals surface area contributed by atoms with Crippen LogP contribution in [0.2, 0.25) is 0 Å². The van der Waals surface area contributed by atoms with Crippen LogP contribution in [0, 0.1) is 13.8 Å². The molecular formula is C16H18BrN5. The molecule has 0 amide bonds. The first-order valence-electron chi connectivity index (χ1n) is 7.56. The molecule has 0 saturated carbocycles. The Morgan fingerprint density at radius 2 is 1.86 bits per heavy atom. The first-order chi connectivity index (χ1) is 10.6. The van der Waals surface area contributed by atoms with Crippen molar-refractivity contribution in [3.8, 4) is 0 Å². The number of anilines is 2. The van der Waals surface area contributed by atoms with E-state index in [9.17, 15) is 0 Å². The standard InChI is InChI=1S/C16H18BrN5/c1-10-11(2)19-9-20-16(10)21-7-13-5-14(8-21)22(13)15-4-3-12(17)6-18-15/h3-4,6,9,13-14H,5,7-8H2,1-2H3. The van der Waals surface area contributed by atoms with Crippen molar-refractivity contribution in [2.75, 3.05) is 22.9 Å². The van der Waals surface area contributed by atoms with Crippen LogP contribution >= 0.6 is 15.9 Å². The van der Waals surface area contributed by atoms with E-state index in [1.165, 1.54) is 12.0 Å². The minimum Gasteiger partial charge on any atom is -0.352 e. The number of hydrogen-bond acceptors (Lipinski definition) is 5. The monoisotopic (exact) mass is 359 g/mol. The molecule has 0 N–H and O–H groups in total. The number of halogens is 1. The predicted molar refractivity (Wildman–Crippen MR) is 90.3 cm³/mol. The van der Waals surface area contributed by atoms with Gasteiger partial charge in [-0.05, 0) is 48.3 Å². The maximum Gasteiger partial charge on any atom is 0.135 e. The largest absolute Gasteiger partial charge is 0.352 e. The van der Waals surface area contributed by atoms with Gasteiger partial charge in [-0.3, -0.25) is 0 Å². The van der Waals surface area contributed by atoms with Crippen molar-refractivity contribution in [1.29, 1.82) is 0 Å². The Morgan fingerprint density at radius 1 is 1.09 bits per heavy atom. The van der Waals surface area contributed by atoms with Gasteiger partial charge >= 0.3 is 0 Å². The summed E-state index contributed by atoms with van der Waals surface area (Å²) in [5, 5.41) is 0. The Bertz CT molecular complexity index is 690. The maximum absolute atomic E-state index is 4.55. The predicted octanol–water partition coefficient (Wildman–Crippen LogP) is 2.72. The van der Waals surface area contributed by atoms with Gasteiger partial charge in [-0.15, -0.1) is 0 Å². The summed E-state index contributed by atoms with van der Waals surface area (Å²) in [7, 11) is 0. The highest BCUT2D eigenvalue weighted by Gasteiger charge is 2.45. The number of piperidine rings is 1. The number of aromatic nitrogens is 3. The van der Waals surface area contributed by atoms with E-state index >= 15 is 0 Å². The molecule has 0 aliphatic carbocycles. The summed E-state index contributed by atoms with van der Waals surface area (Å²) < 4.78 is 1.02. The first kappa shape index (κ1) is 13.9. The molecule has 5 nitrogen and oxygen atoms in total. The summed E-state index contributed by atoms with van der Waals surface area (Å²) in [5.41, 5.74) is 2.26. The maximum atomic E-state index is 4.55. The van der Waals surface area contributed by atoms with Crippen LogP contribution in [-0.4, -0.2) is 40.1 Å². The molecule has 114 valence electrons. The molecule has 2 unspecified atom stereocenters. The molecule has 2 aromatic heterocycles. The second kappa shape index (κ2) is 5.19. The Labute approximate surface area is 138 Å². The Balaban J connectivity index is 1.55. The van der Waals surface area contributed by atoms with Crippen molar-refractivity contribution in [2.45, 2.75) is 32.4 Å². The number of pyridine rings is 1. The lowest BCUT2D eigenvalue weighted by Crippen LogP contribution is -2.69. The molecule has 6 heteroatoms. The molecule has 2 atom stereocenters. The fourth-order valence-electron chi connectivity index (χ4n) is 3.52. The van der Waals surface area contributed by atoms with Gasteiger partial charge in [0.05, 0.1) is 12.1 Å². The lowest BCUT2D eigenvalue weighted by atomic mass is 9.87. The molecule has 0 spiro atoms. The average molecular weight is 360 g/mol. The summed E-state index contributed by atoms with van der Waals surface area (Å²) >= 11 is 3.45. The molecule has 3 aliphatic heterocycles. The molecule has 2 aromatic rings. The van der Waals surface area contributed by atoms with Gasteiger partial charge in [0.1, 0.15) is 18.0 Å². The van der Waals surface area contributed by atoms with Gasteiger partial charge in [0, 0.05) is 35.0 Å². The fraction of sp³-hybridized carbons (Fsp3) is 0.438. The van der Waals surface area contributed by atoms with E-state index in [0.29, 0.717) is 12.1 Å². The van der Waals surface area contributed by atoms with E-state index in [-0.39, 0.29) is 0 Å². The second-order valence-corrected chi connectivity index (χ2v) is 7.01. The van der Waals surface area contributed by atoms with Crippen LogP contribution in [0.1, 0.15) is 17.7 Å². The second-order valence-electron chi connectivity index (χ2n) is 6.10. The number of aryl methyl sites for hydroxylation is 1. The average Bonchev–Trinajstić information content (AvgIpc) is 2.52. The van der Waals surface area contributed by atoms with E-state index in [2.05, 4.69) is 59.7 Å². The van der Waals surface area contributed by atoms with Crippen molar-refractivity contribution in [3.05, 3.63) is 40.4 Å². The third-order valence-corrected chi connectivity index (χ3v) is 5.25. The van der Waals surface area contributed by atoms with Gasteiger partial charge in [0.2, 0.25) is 0 Å². The Morgan fingerprint density at radius 3 is 2.55 bits per heavy atom. The fourth-order valence-corrected chi connectivity index (χ4v) is 3.76. The number of piperazine rings is 1. The third kappa shape index (κ3) is 2.17. The molecule has 0 aromatic carbocycles. The van der Waals surface area contributed by atoms with Crippen LogP contribution in [0.3, 0.4) is 0 Å². The topological polar surface area (TPSA) is 45.2 Å². The molecular weight excluding hydrogens is 342 g/mol. The van der Waals surface area contributed by atoms with Gasteiger partial charge in [-0.2, -0.15) is 0 Å². The van der Waals surface area contributed by atoms with Crippen molar-refractivity contribution >= 4 is 27.6 Å². The van der Waals surface area contributed by atoms with E-state index in [4.69, 9.17) is 0 Å². The normalized spacial score (nSPS) is 23.4. The van der Waals surface area contributed by atoms with Gasteiger partial charge in [0.15, 0.2) is 0 Å². The number of rotatable bonds is 2. The number of nitrogens with zero attached hydrogens (tertiary/aromatic N) is 5. The van der Waals surface area contributed by atoms with Crippen LogP contribution in [0.25, 0.3) is 0 Å². The van der Waals surface area contributed by atoms with Crippen LogP contribution in [0.15, 0.2) is 29.1 Å². The molecule has 3 fully saturated rings. The van der Waals surface area contributed by atoms with Crippen LogP contribution in [0.5, 0.6) is 0 Å². The highest BCUT2D eigenvalue weighted by molar-refractivity contribution is 9.10. The van der Waals surface area contributed by atoms with E-state index in [1.54, 1.807) is 6.33 Å². The lowest BCUT2D eigenvalue weighted by molar-refractivity contribution is 0.287. The molecule has 0 radical (unpaired) electrons. The number of hydrogen-bond donors (Lipinski definition) is 0. The Hall–Kier alpha value is -1.69. The summed E-state index contributed by atoms with van der Waals surface area (Å²) in [6, 6.07) is 5.22. The van der Waals surface area contributed by atoms with Crippen molar-refractivity contribution in [1.82, 2.24) is 15.0 Å². The van der Waals surface area contributed by atoms with Crippen LogP contribution in [0.4, 0.5) is 11.6 Å². The van der Waals surface area contributed by atoms with E-state index in [0.717, 1.165) is 34.9 Å². The lowest BCUT2D eigenvalue weighted by Gasteiger charge is -2.57. The summed E-state index contributed by atoms with van der Waals surface area (Å²) in [4.78, 5) is 18.2.